The van der Waals surface area contributed by atoms with Gasteiger partial charge in [-0.05, 0) is 37.5 Å². The maximum atomic E-state index is 13.6. The van der Waals surface area contributed by atoms with Gasteiger partial charge in [-0.1, -0.05) is 24.3 Å². The first kappa shape index (κ1) is 22.1. The van der Waals surface area contributed by atoms with E-state index in [4.69, 9.17) is 10.1 Å². The van der Waals surface area contributed by atoms with E-state index in [0.29, 0.717) is 5.92 Å². The molecule has 3 aromatic rings. The maximum absolute atomic E-state index is 13.6. The van der Waals surface area contributed by atoms with Crippen LogP contribution in [-0.2, 0) is 11.8 Å². The minimum Gasteiger partial charge on any atom is -0.481 e. The number of rotatable bonds is 8. The summed E-state index contributed by atoms with van der Waals surface area (Å²) in [5, 5.41) is 34.4. The molecule has 0 aliphatic heterocycles. The molecular weight excluding hydrogens is 413 g/mol. The zero-order chi connectivity index (χ0) is 23.0. The molecular formula is C24H26FN3O4. The number of benzene rings is 1. The summed E-state index contributed by atoms with van der Waals surface area (Å²) < 4.78 is 15.4. The molecule has 168 valence electrons. The van der Waals surface area contributed by atoms with Crippen LogP contribution in [0.2, 0.25) is 0 Å². The zero-order valence-corrected chi connectivity index (χ0v) is 18.0. The number of carboxylic acid groups (broad SMARTS) is 1. The van der Waals surface area contributed by atoms with Crippen LogP contribution in [0.1, 0.15) is 48.6 Å². The molecule has 1 saturated carbocycles. The smallest absolute Gasteiger partial charge is 0.305 e. The number of aliphatic hydroxyl groups excluding tert-OH is 2. The summed E-state index contributed by atoms with van der Waals surface area (Å²) in [6, 6.07) is 6.26. The Morgan fingerprint density at radius 2 is 1.97 bits per heavy atom. The molecule has 8 heteroatoms. The van der Waals surface area contributed by atoms with Crippen LogP contribution in [0.4, 0.5) is 4.39 Å². The lowest BCUT2D eigenvalue weighted by Crippen LogP contribution is -2.19. The monoisotopic (exact) mass is 439 g/mol. The molecule has 0 bridgehead atoms. The molecule has 1 aliphatic rings. The first-order chi connectivity index (χ1) is 15.2. The van der Waals surface area contributed by atoms with Gasteiger partial charge >= 0.3 is 5.97 Å². The molecule has 0 radical (unpaired) electrons. The molecule has 1 aliphatic carbocycles. The van der Waals surface area contributed by atoms with Crippen LogP contribution < -0.4 is 0 Å². The average Bonchev–Trinajstić information content (AvgIpc) is 3.52. The number of aliphatic hydroxyl groups is 2. The number of aliphatic carboxylic acids is 1. The van der Waals surface area contributed by atoms with Gasteiger partial charge in [0, 0.05) is 30.5 Å². The quantitative estimate of drug-likeness (QED) is 0.495. The van der Waals surface area contributed by atoms with E-state index in [1.807, 2.05) is 14.0 Å². The normalized spacial score (nSPS) is 16.0. The van der Waals surface area contributed by atoms with Crippen LogP contribution in [0.3, 0.4) is 0 Å². The van der Waals surface area contributed by atoms with Gasteiger partial charge in [-0.25, -0.2) is 9.37 Å². The van der Waals surface area contributed by atoms with Crippen LogP contribution in [-0.4, -0.2) is 48.3 Å². The minimum atomic E-state index is -1.15. The first-order valence-corrected chi connectivity index (χ1v) is 10.6. The molecule has 2 aromatic heterocycles. The Bertz CT molecular complexity index is 1180. The number of carboxylic acids is 1. The summed E-state index contributed by atoms with van der Waals surface area (Å²) in [7, 11) is 1.84. The van der Waals surface area contributed by atoms with E-state index < -0.39 is 24.6 Å². The van der Waals surface area contributed by atoms with Crippen molar-refractivity contribution in [2.75, 3.05) is 0 Å². The molecule has 3 N–H and O–H groups in total. The van der Waals surface area contributed by atoms with Gasteiger partial charge < -0.3 is 15.3 Å². The number of halogens is 1. The number of fused-ring (bicyclic) bond motifs is 1. The summed E-state index contributed by atoms with van der Waals surface area (Å²) in [4.78, 5) is 15.7. The lowest BCUT2D eigenvalue weighted by atomic mass is 9.92. The molecule has 0 amide bonds. The van der Waals surface area contributed by atoms with Crippen LogP contribution in [0, 0.1) is 12.7 Å². The molecule has 2 heterocycles. The van der Waals surface area contributed by atoms with Crippen molar-refractivity contribution in [2.24, 2.45) is 7.05 Å². The van der Waals surface area contributed by atoms with E-state index in [0.717, 1.165) is 52.0 Å². The van der Waals surface area contributed by atoms with Crippen molar-refractivity contribution in [3.8, 4) is 11.1 Å². The van der Waals surface area contributed by atoms with E-state index in [1.165, 1.54) is 12.1 Å². The van der Waals surface area contributed by atoms with Crippen molar-refractivity contribution >= 4 is 23.1 Å². The lowest BCUT2D eigenvalue weighted by molar-refractivity contribution is -0.139. The molecule has 1 aromatic carbocycles. The summed E-state index contributed by atoms with van der Waals surface area (Å²) in [5.41, 5.74) is 4.96. The van der Waals surface area contributed by atoms with E-state index >= 15 is 0 Å². The van der Waals surface area contributed by atoms with Gasteiger partial charge in [0.2, 0.25) is 0 Å². The van der Waals surface area contributed by atoms with Crippen molar-refractivity contribution in [3.63, 3.8) is 0 Å². The minimum absolute atomic E-state index is 0.0883. The number of aromatic nitrogens is 3. The molecule has 0 spiro atoms. The number of nitrogens with zero attached hydrogens (tertiary/aromatic N) is 3. The largest absolute Gasteiger partial charge is 0.481 e. The number of hydrogen-bond acceptors (Lipinski definition) is 5. The maximum Gasteiger partial charge on any atom is 0.305 e. The number of aryl methyl sites for hydroxylation is 2. The van der Waals surface area contributed by atoms with Crippen LogP contribution in [0.15, 0.2) is 30.3 Å². The molecule has 2 atom stereocenters. The summed E-state index contributed by atoms with van der Waals surface area (Å²) in [5.74, 6) is -1.16. The second-order valence-electron chi connectivity index (χ2n) is 8.39. The van der Waals surface area contributed by atoms with Crippen LogP contribution >= 0.6 is 0 Å². The predicted octanol–water partition coefficient (Wildman–Crippen LogP) is 3.56. The zero-order valence-electron chi connectivity index (χ0n) is 18.0. The van der Waals surface area contributed by atoms with E-state index in [-0.39, 0.29) is 12.2 Å². The third kappa shape index (κ3) is 4.56. The van der Waals surface area contributed by atoms with Crippen LogP contribution in [0.5, 0.6) is 0 Å². The third-order valence-electron chi connectivity index (χ3n) is 5.72. The second kappa shape index (κ2) is 8.80. The Kier molecular flexibility index (Phi) is 6.08. The fourth-order valence-corrected chi connectivity index (χ4v) is 4.11. The average molecular weight is 439 g/mol. The van der Waals surface area contributed by atoms with Gasteiger partial charge in [0.25, 0.3) is 0 Å². The Balaban J connectivity index is 1.84. The fraction of sp³-hybridized carbons (Fsp3) is 0.375. The van der Waals surface area contributed by atoms with Crippen molar-refractivity contribution in [1.29, 1.82) is 0 Å². The van der Waals surface area contributed by atoms with Crippen LogP contribution in [0.25, 0.3) is 28.2 Å². The van der Waals surface area contributed by atoms with Gasteiger partial charge in [0.05, 0.1) is 35.4 Å². The number of hydrogen-bond donors (Lipinski definition) is 3. The number of carbonyl (C=O) groups is 1. The standard InChI is InChI=1S/C24H26FN3O4/c1-13-21-22(14-5-7-16(25)8-6-14)19(10-9-17(29)11-18(30)12-20(31)32)23(15-3-4-15)26-24(21)28(2)27-13/h5-10,15,17-18,29-30H,3-4,11-12H2,1-2H3,(H,31,32)/b10-9+. The van der Waals surface area contributed by atoms with Gasteiger partial charge in [-0.2, -0.15) is 5.10 Å². The SMILES string of the molecule is Cc1nn(C)c2nc(C3CC3)c(/C=C/C(O)CC(O)CC(=O)O)c(-c3ccc(F)cc3)c12. The summed E-state index contributed by atoms with van der Waals surface area (Å²) in [6.07, 6.45) is 2.67. The van der Waals surface area contributed by atoms with E-state index in [2.05, 4.69) is 5.10 Å². The van der Waals surface area contributed by atoms with Crippen molar-refractivity contribution < 1.29 is 24.5 Å². The highest BCUT2D eigenvalue weighted by Gasteiger charge is 2.31. The lowest BCUT2D eigenvalue weighted by Gasteiger charge is -2.15. The molecule has 32 heavy (non-hydrogen) atoms. The Hall–Kier alpha value is -3.10. The third-order valence-corrected chi connectivity index (χ3v) is 5.72. The molecule has 1 fully saturated rings. The molecule has 2 unspecified atom stereocenters. The van der Waals surface area contributed by atoms with Gasteiger partial charge in [0.1, 0.15) is 5.82 Å². The van der Waals surface area contributed by atoms with Gasteiger partial charge in [-0.15, -0.1) is 0 Å². The van der Waals surface area contributed by atoms with Crippen molar-refractivity contribution in [1.82, 2.24) is 14.8 Å². The summed E-state index contributed by atoms with van der Waals surface area (Å²) >= 11 is 0. The van der Waals surface area contributed by atoms with Gasteiger partial charge in [0.15, 0.2) is 5.65 Å². The number of pyridine rings is 1. The molecule has 7 nitrogen and oxygen atoms in total. The highest BCUT2D eigenvalue weighted by Crippen LogP contribution is 2.45. The Morgan fingerprint density at radius 1 is 1.28 bits per heavy atom. The topological polar surface area (TPSA) is 108 Å². The second-order valence-corrected chi connectivity index (χ2v) is 8.39. The highest BCUT2D eigenvalue weighted by atomic mass is 19.1. The van der Waals surface area contributed by atoms with E-state index in [9.17, 15) is 19.4 Å². The fourth-order valence-electron chi connectivity index (χ4n) is 4.11. The summed E-state index contributed by atoms with van der Waals surface area (Å²) in [6.45, 7) is 1.90. The Labute approximate surface area is 184 Å². The predicted molar refractivity (Wildman–Crippen MR) is 119 cm³/mol. The van der Waals surface area contributed by atoms with Crippen molar-refractivity contribution in [3.05, 3.63) is 53.1 Å². The highest BCUT2D eigenvalue weighted by molar-refractivity contribution is 6.00. The first-order valence-electron chi connectivity index (χ1n) is 10.6. The molecule has 0 saturated heterocycles. The molecule has 4 rings (SSSR count). The van der Waals surface area contributed by atoms with E-state index in [1.54, 1.807) is 29.0 Å². The Morgan fingerprint density at radius 3 is 2.59 bits per heavy atom. The van der Waals surface area contributed by atoms with Crippen molar-refractivity contribution in [2.45, 2.75) is 50.7 Å². The van der Waals surface area contributed by atoms with Gasteiger partial charge in [-0.3, -0.25) is 9.48 Å².